The average molecular weight is 233 g/mol. The van der Waals surface area contributed by atoms with Gasteiger partial charge in [-0.1, -0.05) is 12.2 Å². The Balaban J connectivity index is 0.00000121. The molecule has 12 heavy (non-hydrogen) atoms. The second kappa shape index (κ2) is 7.15. The first-order chi connectivity index (χ1) is 5.43. The van der Waals surface area contributed by atoms with Gasteiger partial charge in [0.15, 0.2) is 0 Å². The van der Waals surface area contributed by atoms with E-state index < -0.39 is 0 Å². The van der Waals surface area contributed by atoms with Crippen molar-refractivity contribution < 1.29 is 32.7 Å². The van der Waals surface area contributed by atoms with E-state index in [1.807, 2.05) is 30.3 Å². The van der Waals surface area contributed by atoms with Gasteiger partial charge in [-0.05, 0) is 0 Å². The summed E-state index contributed by atoms with van der Waals surface area (Å²) < 4.78 is 0. The second-order valence-corrected chi connectivity index (χ2v) is 1.99. The fraction of sp³-hybridized carbons (Fsp3) is 0.111. The van der Waals surface area contributed by atoms with Crippen LogP contribution in [0.2, 0.25) is 0 Å². The van der Waals surface area contributed by atoms with Crippen LogP contribution < -0.4 is 5.32 Å². The minimum absolute atomic E-state index is 0. The van der Waals surface area contributed by atoms with Crippen LogP contribution in [0.5, 0.6) is 0 Å². The number of anilines is 1. The summed E-state index contributed by atoms with van der Waals surface area (Å²) >= 11 is 0. The second-order valence-electron chi connectivity index (χ2n) is 1.99. The van der Waals surface area contributed by atoms with Crippen molar-refractivity contribution >= 4 is 5.69 Å². The molecule has 1 aromatic carbocycles. The molecule has 0 aliphatic rings. The number of nitrogens with one attached hydrogen (secondary N) is 1. The standard InChI is InChI=1S/C9H8N2.Y/c10-7-4-8-11-9-5-2-1-3-6-9;/h1-5,11H,8H2;/q-2;. The van der Waals surface area contributed by atoms with Gasteiger partial charge in [-0.15, -0.1) is 12.1 Å². The Morgan fingerprint density at radius 2 is 2.42 bits per heavy atom. The van der Waals surface area contributed by atoms with Crippen LogP contribution in [0.4, 0.5) is 5.69 Å². The number of para-hydroxylation sites is 1. The van der Waals surface area contributed by atoms with Crippen LogP contribution >= 0.6 is 0 Å². The molecule has 2 nitrogen and oxygen atoms in total. The minimum atomic E-state index is 0. The summed E-state index contributed by atoms with van der Waals surface area (Å²) in [5.41, 5.74) is 0.916. The Kier molecular flexibility index (Phi) is 6.84. The van der Waals surface area contributed by atoms with E-state index in [0.717, 1.165) is 5.69 Å². The van der Waals surface area contributed by atoms with Crippen LogP contribution in [0.15, 0.2) is 24.3 Å². The molecule has 1 N–H and O–H groups in total. The summed E-state index contributed by atoms with van der Waals surface area (Å²) in [6.45, 7) is 0.566. The Bertz CT molecular complexity index is 240. The summed E-state index contributed by atoms with van der Waals surface area (Å²) in [4.78, 5) is 0. The van der Waals surface area contributed by atoms with Crippen molar-refractivity contribution in [3.05, 3.63) is 36.8 Å². The van der Waals surface area contributed by atoms with Crippen LogP contribution in [0.25, 0.3) is 0 Å². The summed E-state index contributed by atoms with van der Waals surface area (Å²) in [6.07, 6.45) is 1.50. The monoisotopic (exact) mass is 233 g/mol. The van der Waals surface area contributed by atoms with E-state index in [4.69, 9.17) is 5.26 Å². The molecule has 0 aliphatic heterocycles. The van der Waals surface area contributed by atoms with Crippen molar-refractivity contribution in [3.63, 3.8) is 0 Å². The zero-order valence-corrected chi connectivity index (χ0v) is 9.46. The molecule has 1 aromatic rings. The van der Waals surface area contributed by atoms with Crippen molar-refractivity contribution in [2.75, 3.05) is 11.9 Å². The van der Waals surface area contributed by atoms with Gasteiger partial charge in [0.25, 0.3) is 0 Å². The number of benzene rings is 1. The SMILES string of the molecule is N#C[CH-]CNc1[c-]cccc1.[Y]. The Morgan fingerprint density at radius 1 is 1.58 bits per heavy atom. The van der Waals surface area contributed by atoms with E-state index in [9.17, 15) is 0 Å². The smallest absolute Gasteiger partial charge is 0 e. The molecule has 0 aromatic heterocycles. The first-order valence-electron chi connectivity index (χ1n) is 3.35. The number of nitriles is 1. The van der Waals surface area contributed by atoms with Gasteiger partial charge in [0.2, 0.25) is 0 Å². The molecule has 0 fully saturated rings. The zero-order valence-electron chi connectivity index (χ0n) is 6.62. The van der Waals surface area contributed by atoms with E-state index >= 15 is 0 Å². The van der Waals surface area contributed by atoms with E-state index in [0.29, 0.717) is 6.54 Å². The molecule has 1 radical (unpaired) electrons. The fourth-order valence-electron chi connectivity index (χ4n) is 0.710. The number of hydrogen-bond acceptors (Lipinski definition) is 2. The third-order valence-corrected chi connectivity index (χ3v) is 1.19. The number of hydrogen-bond donors (Lipinski definition) is 1. The maximum atomic E-state index is 8.19. The summed E-state index contributed by atoms with van der Waals surface area (Å²) in [6, 6.07) is 12.5. The topological polar surface area (TPSA) is 35.8 Å². The Labute approximate surface area is 97.9 Å². The van der Waals surface area contributed by atoms with Crippen LogP contribution in [-0.2, 0) is 32.7 Å². The van der Waals surface area contributed by atoms with Gasteiger partial charge >= 0.3 is 0 Å². The molecular weight excluding hydrogens is 225 g/mol. The molecule has 1 rings (SSSR count). The molecule has 3 heteroatoms. The largest absolute Gasteiger partial charge is 0.433 e. The van der Waals surface area contributed by atoms with Gasteiger partial charge in [0.1, 0.15) is 0 Å². The third kappa shape index (κ3) is 4.38. The molecule has 0 unspecified atom stereocenters. The average Bonchev–Trinajstić information content (AvgIpc) is 2.07. The van der Waals surface area contributed by atoms with Gasteiger partial charge < -0.3 is 5.32 Å². The van der Waals surface area contributed by atoms with Crippen molar-refractivity contribution in [2.24, 2.45) is 0 Å². The molecule has 59 valence electrons. The predicted molar refractivity (Wildman–Crippen MR) is 43.7 cm³/mol. The van der Waals surface area contributed by atoms with E-state index in [-0.39, 0.29) is 32.7 Å². The molecule has 0 atom stereocenters. The molecular formula is C9H8N2Y-2. The zero-order chi connectivity index (χ0) is 7.94. The Hall–Kier alpha value is -0.516. The van der Waals surface area contributed by atoms with Crippen molar-refractivity contribution in [3.8, 4) is 6.07 Å². The van der Waals surface area contributed by atoms with E-state index in [2.05, 4.69) is 11.4 Å². The maximum Gasteiger partial charge on any atom is 0 e. The first kappa shape index (κ1) is 11.5. The van der Waals surface area contributed by atoms with Gasteiger partial charge in [0, 0.05) is 32.7 Å². The van der Waals surface area contributed by atoms with Gasteiger partial charge in [0.05, 0.1) is 0 Å². The van der Waals surface area contributed by atoms with Crippen LogP contribution in [0, 0.1) is 23.8 Å². The van der Waals surface area contributed by atoms with Crippen molar-refractivity contribution in [1.29, 1.82) is 5.26 Å². The maximum absolute atomic E-state index is 8.19. The summed E-state index contributed by atoms with van der Waals surface area (Å²) in [5.74, 6) is 0. The predicted octanol–water partition coefficient (Wildman–Crippen LogP) is 1.62. The molecule has 0 saturated carbocycles. The van der Waals surface area contributed by atoms with Crippen LogP contribution in [0.1, 0.15) is 0 Å². The van der Waals surface area contributed by atoms with Crippen molar-refractivity contribution in [1.82, 2.24) is 0 Å². The fourth-order valence-corrected chi connectivity index (χ4v) is 0.710. The molecule has 0 heterocycles. The number of nitrogens with zero attached hydrogens (tertiary/aromatic N) is 1. The molecule has 0 saturated heterocycles. The summed E-state index contributed by atoms with van der Waals surface area (Å²) in [7, 11) is 0. The summed E-state index contributed by atoms with van der Waals surface area (Å²) in [5, 5.41) is 11.2. The van der Waals surface area contributed by atoms with E-state index in [1.165, 1.54) is 6.42 Å². The normalized spacial score (nSPS) is 7.58. The van der Waals surface area contributed by atoms with Gasteiger partial charge in [-0.25, -0.2) is 5.26 Å². The van der Waals surface area contributed by atoms with Crippen LogP contribution in [-0.4, -0.2) is 6.54 Å². The number of rotatable bonds is 3. The third-order valence-electron chi connectivity index (χ3n) is 1.19. The quantitative estimate of drug-likeness (QED) is 0.636. The van der Waals surface area contributed by atoms with Crippen LogP contribution in [0.3, 0.4) is 0 Å². The minimum Gasteiger partial charge on any atom is -0.433 e. The molecule has 0 amide bonds. The molecule has 0 aliphatic carbocycles. The van der Waals surface area contributed by atoms with Gasteiger partial charge in [-0.2, -0.15) is 24.3 Å². The molecule has 0 bridgehead atoms. The molecule has 0 spiro atoms. The van der Waals surface area contributed by atoms with Crippen molar-refractivity contribution in [2.45, 2.75) is 0 Å². The first-order valence-corrected chi connectivity index (χ1v) is 3.35. The Morgan fingerprint density at radius 3 is 3.00 bits per heavy atom. The van der Waals surface area contributed by atoms with Gasteiger partial charge in [-0.3, -0.25) is 6.42 Å². The van der Waals surface area contributed by atoms with E-state index in [1.54, 1.807) is 0 Å².